The SMILES string of the molecule is CC1(C)CCSc2ccc(NC(=S)Nc3ccc(OC(F)(F)F)cc3)cc21. The molecule has 0 aromatic heterocycles. The van der Waals surface area contributed by atoms with E-state index in [4.69, 9.17) is 12.2 Å². The van der Waals surface area contributed by atoms with E-state index in [2.05, 4.69) is 41.4 Å². The van der Waals surface area contributed by atoms with Crippen molar-refractivity contribution < 1.29 is 17.9 Å². The maximum Gasteiger partial charge on any atom is 0.573 e. The highest BCUT2D eigenvalue weighted by Crippen LogP contribution is 2.42. The Bertz CT molecular complexity index is 836. The molecule has 27 heavy (non-hydrogen) atoms. The molecule has 0 aliphatic carbocycles. The first kappa shape index (κ1) is 19.8. The van der Waals surface area contributed by atoms with Crippen molar-refractivity contribution in [3.8, 4) is 5.75 Å². The Labute approximate surface area is 165 Å². The molecule has 0 saturated heterocycles. The van der Waals surface area contributed by atoms with Gasteiger partial charge in [0.15, 0.2) is 5.11 Å². The standard InChI is InChI=1S/C19H19F3N2OS2/c1-18(2)9-10-27-16-8-5-13(11-15(16)18)24-17(26)23-12-3-6-14(7-4-12)25-19(20,21)22/h3-8,11H,9-10H2,1-2H3,(H2,23,24,26). The predicted octanol–water partition coefficient (Wildman–Crippen LogP) is 6.17. The van der Waals surface area contributed by atoms with Crippen molar-refractivity contribution in [2.45, 2.75) is 36.9 Å². The number of thioether (sulfide) groups is 1. The van der Waals surface area contributed by atoms with Crippen LogP contribution < -0.4 is 15.4 Å². The number of halogens is 3. The number of hydrogen-bond donors (Lipinski definition) is 2. The van der Waals surface area contributed by atoms with Gasteiger partial charge < -0.3 is 15.4 Å². The zero-order valence-electron chi connectivity index (χ0n) is 14.8. The van der Waals surface area contributed by atoms with Gasteiger partial charge in [-0.25, -0.2) is 0 Å². The second-order valence-corrected chi connectivity index (χ2v) is 8.39. The Kier molecular flexibility index (Phi) is 5.58. The Morgan fingerprint density at radius 3 is 2.37 bits per heavy atom. The summed E-state index contributed by atoms with van der Waals surface area (Å²) in [6.07, 6.45) is -3.59. The number of fused-ring (bicyclic) bond motifs is 1. The van der Waals surface area contributed by atoms with Crippen LogP contribution in [-0.4, -0.2) is 17.2 Å². The molecule has 2 aromatic carbocycles. The lowest BCUT2D eigenvalue weighted by atomic mass is 9.81. The van der Waals surface area contributed by atoms with Crippen molar-refractivity contribution in [2.75, 3.05) is 16.4 Å². The Morgan fingerprint density at radius 1 is 1.07 bits per heavy atom. The van der Waals surface area contributed by atoms with Gasteiger partial charge in [0.25, 0.3) is 0 Å². The fourth-order valence-corrected chi connectivity index (χ4v) is 4.57. The van der Waals surface area contributed by atoms with E-state index in [-0.39, 0.29) is 11.2 Å². The van der Waals surface area contributed by atoms with Crippen LogP contribution in [0.25, 0.3) is 0 Å². The quantitative estimate of drug-likeness (QED) is 0.590. The van der Waals surface area contributed by atoms with E-state index < -0.39 is 6.36 Å². The summed E-state index contributed by atoms with van der Waals surface area (Å²) in [5, 5.41) is 6.45. The van der Waals surface area contributed by atoms with Crippen LogP contribution in [0.2, 0.25) is 0 Å². The number of anilines is 2. The zero-order chi connectivity index (χ0) is 19.7. The maximum absolute atomic E-state index is 12.2. The van der Waals surface area contributed by atoms with E-state index in [1.165, 1.54) is 34.7 Å². The van der Waals surface area contributed by atoms with Crippen LogP contribution in [0.4, 0.5) is 24.5 Å². The molecule has 1 aliphatic heterocycles. The highest BCUT2D eigenvalue weighted by Gasteiger charge is 2.31. The van der Waals surface area contributed by atoms with Crippen LogP contribution in [0.15, 0.2) is 47.4 Å². The molecule has 8 heteroatoms. The van der Waals surface area contributed by atoms with E-state index in [0.717, 1.165) is 17.9 Å². The third-order valence-corrected chi connectivity index (χ3v) is 5.58. The number of thiocarbonyl (C=S) groups is 1. The average Bonchev–Trinajstić information content (AvgIpc) is 2.56. The third-order valence-electron chi connectivity index (χ3n) is 4.30. The van der Waals surface area contributed by atoms with Gasteiger partial charge in [0.2, 0.25) is 0 Å². The zero-order valence-corrected chi connectivity index (χ0v) is 16.4. The number of nitrogens with one attached hydrogen (secondary N) is 2. The predicted molar refractivity (Wildman–Crippen MR) is 108 cm³/mol. The van der Waals surface area contributed by atoms with Crippen LogP contribution in [0, 0.1) is 0 Å². The van der Waals surface area contributed by atoms with E-state index in [0.29, 0.717) is 10.8 Å². The molecule has 0 amide bonds. The lowest BCUT2D eigenvalue weighted by molar-refractivity contribution is -0.274. The molecule has 0 atom stereocenters. The fourth-order valence-electron chi connectivity index (χ4n) is 2.85. The molecule has 0 radical (unpaired) electrons. The van der Waals surface area contributed by atoms with E-state index in [9.17, 15) is 13.2 Å². The second kappa shape index (κ2) is 7.59. The number of rotatable bonds is 3. The summed E-state index contributed by atoms with van der Waals surface area (Å²) in [5.74, 6) is 0.835. The minimum Gasteiger partial charge on any atom is -0.406 e. The van der Waals surface area contributed by atoms with Crippen LogP contribution in [0.3, 0.4) is 0 Å². The molecule has 1 heterocycles. The van der Waals surface area contributed by atoms with Crippen LogP contribution >= 0.6 is 24.0 Å². The average molecular weight is 413 g/mol. The fraction of sp³-hybridized carbons (Fsp3) is 0.316. The minimum absolute atomic E-state index is 0.113. The van der Waals surface area contributed by atoms with Gasteiger partial charge in [-0.3, -0.25) is 0 Å². The van der Waals surface area contributed by atoms with Crippen molar-refractivity contribution in [2.24, 2.45) is 0 Å². The summed E-state index contributed by atoms with van der Waals surface area (Å²) in [5.41, 5.74) is 2.84. The topological polar surface area (TPSA) is 33.3 Å². The van der Waals surface area contributed by atoms with E-state index in [1.807, 2.05) is 17.8 Å². The van der Waals surface area contributed by atoms with Gasteiger partial charge in [0.1, 0.15) is 5.75 Å². The Balaban J connectivity index is 1.64. The maximum atomic E-state index is 12.2. The summed E-state index contributed by atoms with van der Waals surface area (Å²) < 4.78 is 40.4. The monoisotopic (exact) mass is 412 g/mol. The smallest absolute Gasteiger partial charge is 0.406 e. The normalized spacial score (nSPS) is 15.6. The highest BCUT2D eigenvalue weighted by atomic mass is 32.2. The summed E-state index contributed by atoms with van der Waals surface area (Å²) >= 11 is 7.17. The largest absolute Gasteiger partial charge is 0.573 e. The van der Waals surface area contributed by atoms with Crippen molar-refractivity contribution in [1.29, 1.82) is 0 Å². The molecule has 0 saturated carbocycles. The second-order valence-electron chi connectivity index (χ2n) is 6.84. The molecule has 2 aromatic rings. The van der Waals surface area contributed by atoms with Gasteiger partial charge in [0.05, 0.1) is 0 Å². The number of alkyl halides is 3. The highest BCUT2D eigenvalue weighted by molar-refractivity contribution is 7.99. The first-order valence-corrected chi connectivity index (χ1v) is 9.73. The molecular weight excluding hydrogens is 393 g/mol. The van der Waals surface area contributed by atoms with Gasteiger partial charge in [0, 0.05) is 16.3 Å². The number of benzene rings is 2. The minimum atomic E-state index is -4.70. The summed E-state index contributed by atoms with van der Waals surface area (Å²) in [4.78, 5) is 1.29. The third kappa shape index (κ3) is 5.29. The summed E-state index contributed by atoms with van der Waals surface area (Å²) in [6, 6.07) is 11.6. The lowest BCUT2D eigenvalue weighted by Crippen LogP contribution is -2.24. The summed E-state index contributed by atoms with van der Waals surface area (Å²) in [7, 11) is 0. The molecule has 2 N–H and O–H groups in total. The number of hydrogen-bond acceptors (Lipinski definition) is 3. The van der Waals surface area contributed by atoms with Crippen molar-refractivity contribution in [3.63, 3.8) is 0 Å². The first-order chi connectivity index (χ1) is 12.6. The molecule has 3 rings (SSSR count). The van der Waals surface area contributed by atoms with Gasteiger partial charge in [-0.2, -0.15) is 0 Å². The van der Waals surface area contributed by atoms with Gasteiger partial charge in [-0.05, 0) is 77.8 Å². The van der Waals surface area contributed by atoms with Crippen molar-refractivity contribution in [1.82, 2.24) is 0 Å². The summed E-state index contributed by atoms with van der Waals surface area (Å²) in [6.45, 7) is 4.47. The van der Waals surface area contributed by atoms with Crippen LogP contribution in [0.5, 0.6) is 5.75 Å². The molecule has 1 aliphatic rings. The molecule has 144 valence electrons. The van der Waals surface area contributed by atoms with Gasteiger partial charge in [-0.1, -0.05) is 13.8 Å². The molecule has 0 fully saturated rings. The first-order valence-electron chi connectivity index (χ1n) is 8.34. The molecule has 0 bridgehead atoms. The van der Waals surface area contributed by atoms with Crippen molar-refractivity contribution in [3.05, 3.63) is 48.0 Å². The lowest BCUT2D eigenvalue weighted by Gasteiger charge is -2.32. The molecular formula is C19H19F3N2OS2. The van der Waals surface area contributed by atoms with Gasteiger partial charge in [-0.15, -0.1) is 24.9 Å². The molecule has 3 nitrogen and oxygen atoms in total. The number of ether oxygens (including phenoxy) is 1. The molecule has 0 unspecified atom stereocenters. The van der Waals surface area contributed by atoms with E-state index >= 15 is 0 Å². The van der Waals surface area contributed by atoms with Crippen molar-refractivity contribution >= 4 is 40.5 Å². The molecule has 0 spiro atoms. The van der Waals surface area contributed by atoms with Gasteiger partial charge >= 0.3 is 6.36 Å². The Morgan fingerprint density at radius 2 is 1.70 bits per heavy atom. The Hall–Kier alpha value is -1.93. The van der Waals surface area contributed by atoms with Crippen LogP contribution in [-0.2, 0) is 5.41 Å². The van der Waals surface area contributed by atoms with E-state index in [1.54, 1.807) is 0 Å². The van der Waals surface area contributed by atoms with Crippen LogP contribution in [0.1, 0.15) is 25.8 Å².